The molecule has 0 aromatic heterocycles. The summed E-state index contributed by atoms with van der Waals surface area (Å²) in [6.45, 7) is 3.78. The van der Waals surface area contributed by atoms with Gasteiger partial charge in [0.1, 0.15) is 5.75 Å². The minimum Gasteiger partial charge on any atom is -0.421 e. The Morgan fingerprint density at radius 3 is 2.11 bits per heavy atom. The summed E-state index contributed by atoms with van der Waals surface area (Å²) in [5, 5.41) is 0.323. The molecule has 0 spiro atoms. The van der Waals surface area contributed by atoms with Gasteiger partial charge in [-0.3, -0.25) is 0 Å². The average molecular weight is 262 g/mol. The summed E-state index contributed by atoms with van der Waals surface area (Å²) in [6, 6.07) is 14.0. The fraction of sp³-hybridized carbons (Fsp3) is 0.143. The fourth-order valence-electron chi connectivity index (χ4n) is 1.79. The number of hydrogen-bond donors (Lipinski definition) is 1. The molecular weight excluding hydrogens is 247 g/mol. The summed E-state index contributed by atoms with van der Waals surface area (Å²) in [5.41, 5.74) is 1.88. The number of para-hydroxylation sites is 1. The lowest BCUT2D eigenvalue weighted by molar-refractivity contribution is 0.393. The molecule has 4 heteroatoms. The topological polar surface area (TPSA) is 46.5 Å². The van der Waals surface area contributed by atoms with Gasteiger partial charge in [-0.1, -0.05) is 24.3 Å². The molecule has 1 atom stereocenters. The predicted octanol–water partition coefficient (Wildman–Crippen LogP) is 3.19. The third-order valence-corrected chi connectivity index (χ3v) is 3.87. The second-order valence-electron chi connectivity index (χ2n) is 4.27. The normalized spacial score (nSPS) is 13.9. The molecule has 0 aliphatic rings. The van der Waals surface area contributed by atoms with Crippen LogP contribution in [0.5, 0.6) is 5.75 Å². The van der Waals surface area contributed by atoms with Crippen LogP contribution in [-0.4, -0.2) is 4.89 Å². The Morgan fingerprint density at radius 1 is 1.00 bits per heavy atom. The zero-order chi connectivity index (χ0) is 13.2. The average Bonchev–Trinajstić information content (AvgIpc) is 2.28. The van der Waals surface area contributed by atoms with E-state index in [9.17, 15) is 9.46 Å². The standard InChI is InChI=1S/C14H15O3P/c1-11-8-12(2)10-14(9-11)18(15,16)17-13-6-4-3-5-7-13/h3-10H,1-2H3,(H,15,16). The van der Waals surface area contributed by atoms with E-state index in [2.05, 4.69) is 0 Å². The van der Waals surface area contributed by atoms with Gasteiger partial charge < -0.3 is 9.42 Å². The predicted molar refractivity (Wildman–Crippen MR) is 72.4 cm³/mol. The van der Waals surface area contributed by atoms with Crippen LogP contribution in [0.4, 0.5) is 0 Å². The van der Waals surface area contributed by atoms with Crippen LogP contribution in [0.15, 0.2) is 48.5 Å². The maximum atomic E-state index is 12.2. The third-order valence-electron chi connectivity index (χ3n) is 2.51. The molecular formula is C14H15O3P. The second-order valence-corrected chi connectivity index (χ2v) is 6.01. The Hall–Kier alpha value is -1.57. The summed E-state index contributed by atoms with van der Waals surface area (Å²) in [7, 11) is -3.82. The second kappa shape index (κ2) is 4.97. The zero-order valence-electron chi connectivity index (χ0n) is 10.3. The summed E-state index contributed by atoms with van der Waals surface area (Å²) in [6.07, 6.45) is 0. The molecule has 0 fully saturated rings. The number of aryl methyl sites for hydroxylation is 2. The van der Waals surface area contributed by atoms with E-state index in [1.807, 2.05) is 26.0 Å². The van der Waals surface area contributed by atoms with E-state index in [0.29, 0.717) is 11.1 Å². The van der Waals surface area contributed by atoms with Crippen molar-refractivity contribution in [3.8, 4) is 5.75 Å². The summed E-state index contributed by atoms with van der Waals surface area (Å²) < 4.78 is 17.4. The first-order valence-corrected chi connectivity index (χ1v) is 7.21. The molecule has 18 heavy (non-hydrogen) atoms. The van der Waals surface area contributed by atoms with Crippen LogP contribution in [0.2, 0.25) is 0 Å². The molecule has 0 saturated carbocycles. The Bertz CT molecular complexity index is 573. The van der Waals surface area contributed by atoms with Crippen molar-refractivity contribution in [3.63, 3.8) is 0 Å². The Morgan fingerprint density at radius 2 is 1.56 bits per heavy atom. The molecule has 0 saturated heterocycles. The van der Waals surface area contributed by atoms with Gasteiger partial charge in [-0.05, 0) is 49.2 Å². The number of benzene rings is 2. The van der Waals surface area contributed by atoms with Gasteiger partial charge in [0.05, 0.1) is 5.30 Å². The van der Waals surface area contributed by atoms with Gasteiger partial charge >= 0.3 is 7.60 Å². The highest BCUT2D eigenvalue weighted by Crippen LogP contribution is 2.41. The molecule has 0 amide bonds. The van der Waals surface area contributed by atoms with Crippen molar-refractivity contribution in [2.24, 2.45) is 0 Å². The van der Waals surface area contributed by atoms with Crippen molar-refractivity contribution in [2.45, 2.75) is 13.8 Å². The van der Waals surface area contributed by atoms with Crippen molar-refractivity contribution < 1.29 is 14.0 Å². The summed E-state index contributed by atoms with van der Waals surface area (Å²) in [5.74, 6) is 0.391. The van der Waals surface area contributed by atoms with E-state index >= 15 is 0 Å². The van der Waals surface area contributed by atoms with Crippen LogP contribution in [0.3, 0.4) is 0 Å². The minimum absolute atomic E-state index is 0.323. The Kier molecular flexibility index (Phi) is 3.55. The Balaban J connectivity index is 2.33. The van der Waals surface area contributed by atoms with Crippen LogP contribution < -0.4 is 9.83 Å². The largest absolute Gasteiger partial charge is 0.421 e. The van der Waals surface area contributed by atoms with E-state index in [-0.39, 0.29) is 0 Å². The van der Waals surface area contributed by atoms with Gasteiger partial charge in [-0.25, -0.2) is 4.57 Å². The smallest absolute Gasteiger partial charge is 0.408 e. The summed E-state index contributed by atoms with van der Waals surface area (Å²) >= 11 is 0. The monoisotopic (exact) mass is 262 g/mol. The maximum absolute atomic E-state index is 12.2. The molecule has 2 aromatic rings. The van der Waals surface area contributed by atoms with Gasteiger partial charge in [0.2, 0.25) is 0 Å². The maximum Gasteiger partial charge on any atom is 0.408 e. The highest BCUT2D eigenvalue weighted by Gasteiger charge is 2.24. The molecule has 1 N–H and O–H groups in total. The van der Waals surface area contributed by atoms with Crippen LogP contribution >= 0.6 is 7.60 Å². The van der Waals surface area contributed by atoms with Gasteiger partial charge in [0, 0.05) is 0 Å². The van der Waals surface area contributed by atoms with Gasteiger partial charge in [0.15, 0.2) is 0 Å². The molecule has 0 aliphatic carbocycles. The van der Waals surface area contributed by atoms with E-state index in [1.54, 1.807) is 36.4 Å². The van der Waals surface area contributed by atoms with Crippen molar-refractivity contribution in [1.82, 2.24) is 0 Å². The van der Waals surface area contributed by atoms with E-state index in [4.69, 9.17) is 4.52 Å². The Labute approximate surface area is 107 Å². The van der Waals surface area contributed by atoms with Gasteiger partial charge in [-0.2, -0.15) is 0 Å². The molecule has 1 unspecified atom stereocenters. The minimum atomic E-state index is -3.82. The third kappa shape index (κ3) is 3.00. The van der Waals surface area contributed by atoms with Gasteiger partial charge in [-0.15, -0.1) is 0 Å². The molecule has 0 heterocycles. The number of hydrogen-bond acceptors (Lipinski definition) is 2. The van der Waals surface area contributed by atoms with Crippen LogP contribution in [0, 0.1) is 13.8 Å². The SMILES string of the molecule is Cc1cc(C)cc(P(=O)(O)Oc2ccccc2)c1. The molecule has 0 bridgehead atoms. The van der Waals surface area contributed by atoms with E-state index < -0.39 is 7.60 Å². The lowest BCUT2D eigenvalue weighted by Gasteiger charge is -2.14. The van der Waals surface area contributed by atoms with E-state index in [1.165, 1.54) is 0 Å². The molecule has 0 aliphatic heterocycles. The van der Waals surface area contributed by atoms with Gasteiger partial charge in [0.25, 0.3) is 0 Å². The number of rotatable bonds is 3. The van der Waals surface area contributed by atoms with Crippen LogP contribution in [0.1, 0.15) is 11.1 Å². The van der Waals surface area contributed by atoms with Crippen molar-refractivity contribution in [3.05, 3.63) is 59.7 Å². The highest BCUT2D eigenvalue weighted by molar-refractivity contribution is 7.61. The highest BCUT2D eigenvalue weighted by atomic mass is 31.2. The first kappa shape index (κ1) is 12.9. The lowest BCUT2D eigenvalue weighted by Crippen LogP contribution is -2.10. The molecule has 94 valence electrons. The van der Waals surface area contributed by atoms with Crippen molar-refractivity contribution in [2.75, 3.05) is 0 Å². The lowest BCUT2D eigenvalue weighted by atomic mass is 10.2. The molecule has 2 rings (SSSR count). The van der Waals surface area contributed by atoms with Crippen LogP contribution in [-0.2, 0) is 4.57 Å². The molecule has 0 radical (unpaired) electrons. The zero-order valence-corrected chi connectivity index (χ0v) is 11.2. The van der Waals surface area contributed by atoms with Crippen molar-refractivity contribution in [1.29, 1.82) is 0 Å². The molecule has 2 aromatic carbocycles. The van der Waals surface area contributed by atoms with E-state index in [0.717, 1.165) is 11.1 Å². The first-order chi connectivity index (χ1) is 8.47. The quantitative estimate of drug-likeness (QED) is 0.864. The summed E-state index contributed by atoms with van der Waals surface area (Å²) in [4.78, 5) is 10.0. The van der Waals surface area contributed by atoms with Crippen LogP contribution in [0.25, 0.3) is 0 Å². The fourth-order valence-corrected chi connectivity index (χ4v) is 3.04. The first-order valence-electron chi connectivity index (χ1n) is 5.64. The van der Waals surface area contributed by atoms with Crippen molar-refractivity contribution >= 4 is 12.9 Å². The molecule has 3 nitrogen and oxygen atoms in total.